The number of carbonyl (C=O) groups is 2. The predicted molar refractivity (Wildman–Crippen MR) is 93.4 cm³/mol. The second-order valence-corrected chi connectivity index (χ2v) is 4.94. The summed E-state index contributed by atoms with van der Waals surface area (Å²) in [4.78, 5) is 23.0. The molecule has 7 nitrogen and oxygen atoms in total. The second kappa shape index (κ2) is 8.84. The zero-order valence-electron chi connectivity index (χ0n) is 13.5. The number of nitriles is 1. The first-order chi connectivity index (χ1) is 12.1. The summed E-state index contributed by atoms with van der Waals surface area (Å²) in [6.45, 7) is 1.34. The lowest BCUT2D eigenvalue weighted by Crippen LogP contribution is -2.17. The molecule has 0 saturated heterocycles. The smallest absolute Gasteiger partial charge is 0.271 e. The van der Waals surface area contributed by atoms with Crippen molar-refractivity contribution in [3.05, 3.63) is 59.7 Å². The lowest BCUT2D eigenvalue weighted by atomic mass is 10.2. The van der Waals surface area contributed by atoms with Crippen LogP contribution in [0.2, 0.25) is 0 Å². The number of anilines is 1. The Balaban J connectivity index is 1.99. The Morgan fingerprint density at radius 3 is 2.60 bits per heavy atom. The maximum atomic E-state index is 12.0. The van der Waals surface area contributed by atoms with E-state index in [9.17, 15) is 9.59 Å². The van der Waals surface area contributed by atoms with E-state index in [1.165, 1.54) is 13.1 Å². The highest BCUT2D eigenvalue weighted by Crippen LogP contribution is 2.15. The third-order valence-corrected chi connectivity index (χ3v) is 3.05. The quantitative estimate of drug-likeness (QED) is 0.624. The summed E-state index contributed by atoms with van der Waals surface area (Å²) in [5, 5.41) is 15.1. The highest BCUT2D eigenvalue weighted by atomic mass is 16.5. The Bertz CT molecular complexity index is 823. The van der Waals surface area contributed by atoms with Gasteiger partial charge in [-0.1, -0.05) is 12.1 Å². The molecule has 126 valence electrons. The van der Waals surface area contributed by atoms with Crippen molar-refractivity contribution < 1.29 is 14.3 Å². The Hall–Kier alpha value is -3.66. The van der Waals surface area contributed by atoms with Crippen molar-refractivity contribution in [2.24, 2.45) is 5.10 Å². The number of nitrogens with zero attached hydrogens (tertiary/aromatic N) is 2. The molecule has 0 fully saturated rings. The molecule has 2 N–H and O–H groups in total. The van der Waals surface area contributed by atoms with Gasteiger partial charge in [-0.25, -0.2) is 5.43 Å². The van der Waals surface area contributed by atoms with Crippen LogP contribution in [-0.4, -0.2) is 24.6 Å². The molecule has 2 aromatic carbocycles. The van der Waals surface area contributed by atoms with Gasteiger partial charge in [-0.2, -0.15) is 10.4 Å². The third-order valence-electron chi connectivity index (χ3n) is 3.05. The number of rotatable bonds is 6. The molecule has 0 aromatic heterocycles. The van der Waals surface area contributed by atoms with E-state index in [2.05, 4.69) is 15.8 Å². The van der Waals surface area contributed by atoms with Gasteiger partial charge in [-0.05, 0) is 36.4 Å². The van der Waals surface area contributed by atoms with Crippen LogP contribution in [0, 0.1) is 11.3 Å². The molecule has 2 aromatic rings. The van der Waals surface area contributed by atoms with Crippen molar-refractivity contribution in [3.8, 4) is 11.8 Å². The summed E-state index contributed by atoms with van der Waals surface area (Å²) in [5.41, 5.74) is 4.06. The summed E-state index contributed by atoms with van der Waals surface area (Å²) in [5.74, 6) is -0.0677. The van der Waals surface area contributed by atoms with Crippen LogP contribution in [0.4, 0.5) is 5.69 Å². The molecule has 0 radical (unpaired) electrons. The van der Waals surface area contributed by atoms with Crippen LogP contribution in [0.3, 0.4) is 0 Å². The molecule has 0 aliphatic heterocycles. The standard InChI is InChI=1S/C18H16N4O3/c1-13(23)21-16-8-6-14(7-9-16)18(24)22-20-12-15-4-2-3-5-17(15)25-11-10-19/h2-9,12H,11H2,1H3,(H,21,23)(H,22,24). The van der Waals surface area contributed by atoms with Gasteiger partial charge in [-0.15, -0.1) is 0 Å². The van der Waals surface area contributed by atoms with E-state index in [-0.39, 0.29) is 18.4 Å². The molecule has 0 unspecified atom stereocenters. The average Bonchev–Trinajstić information content (AvgIpc) is 2.61. The first kappa shape index (κ1) is 17.7. The van der Waals surface area contributed by atoms with Crippen molar-refractivity contribution in [2.75, 3.05) is 11.9 Å². The Kier molecular flexibility index (Phi) is 6.25. The van der Waals surface area contributed by atoms with Crippen LogP contribution in [0.15, 0.2) is 53.6 Å². The van der Waals surface area contributed by atoms with Gasteiger partial charge >= 0.3 is 0 Å². The Labute approximate surface area is 144 Å². The van der Waals surface area contributed by atoms with E-state index in [0.717, 1.165) is 0 Å². The van der Waals surface area contributed by atoms with Crippen molar-refractivity contribution >= 4 is 23.7 Å². The normalized spacial score (nSPS) is 10.1. The minimum atomic E-state index is -0.388. The topological polar surface area (TPSA) is 104 Å². The van der Waals surface area contributed by atoms with E-state index in [1.807, 2.05) is 6.07 Å². The van der Waals surface area contributed by atoms with Gasteiger partial charge in [0.2, 0.25) is 5.91 Å². The molecule has 0 bridgehead atoms. The van der Waals surface area contributed by atoms with Gasteiger partial charge in [0.15, 0.2) is 6.61 Å². The minimum Gasteiger partial charge on any atom is -0.478 e. The summed E-state index contributed by atoms with van der Waals surface area (Å²) in [6, 6.07) is 15.4. The number of para-hydroxylation sites is 1. The van der Waals surface area contributed by atoms with Crippen molar-refractivity contribution in [1.29, 1.82) is 5.26 Å². The van der Waals surface area contributed by atoms with Crippen LogP contribution in [-0.2, 0) is 4.79 Å². The van der Waals surface area contributed by atoms with E-state index >= 15 is 0 Å². The van der Waals surface area contributed by atoms with Crippen LogP contribution in [0.1, 0.15) is 22.8 Å². The van der Waals surface area contributed by atoms with Crippen molar-refractivity contribution in [3.63, 3.8) is 0 Å². The van der Waals surface area contributed by atoms with E-state index in [4.69, 9.17) is 10.00 Å². The summed E-state index contributed by atoms with van der Waals surface area (Å²) in [7, 11) is 0. The number of nitrogens with one attached hydrogen (secondary N) is 2. The predicted octanol–water partition coefficient (Wildman–Crippen LogP) is 2.31. The number of hydrogen-bond acceptors (Lipinski definition) is 5. The van der Waals surface area contributed by atoms with Crippen molar-refractivity contribution in [1.82, 2.24) is 5.43 Å². The average molecular weight is 336 g/mol. The molecule has 2 amide bonds. The fraction of sp³-hybridized carbons (Fsp3) is 0.111. The molecular weight excluding hydrogens is 320 g/mol. The van der Waals surface area contributed by atoms with Gasteiger partial charge < -0.3 is 10.1 Å². The van der Waals surface area contributed by atoms with Gasteiger partial charge in [0.25, 0.3) is 5.91 Å². The first-order valence-electron chi connectivity index (χ1n) is 7.40. The molecule has 25 heavy (non-hydrogen) atoms. The van der Waals surface area contributed by atoms with Crippen LogP contribution < -0.4 is 15.5 Å². The Morgan fingerprint density at radius 2 is 1.92 bits per heavy atom. The molecular formula is C18H16N4O3. The molecule has 0 atom stereocenters. The zero-order valence-corrected chi connectivity index (χ0v) is 13.5. The highest BCUT2D eigenvalue weighted by molar-refractivity contribution is 5.96. The summed E-state index contributed by atoms with van der Waals surface area (Å²) < 4.78 is 5.27. The van der Waals surface area contributed by atoms with Gasteiger partial charge in [0.05, 0.1) is 6.21 Å². The molecule has 7 heteroatoms. The maximum absolute atomic E-state index is 12.0. The monoisotopic (exact) mass is 336 g/mol. The molecule has 0 aliphatic rings. The van der Waals surface area contributed by atoms with Crippen molar-refractivity contribution in [2.45, 2.75) is 6.92 Å². The molecule has 0 heterocycles. The number of amides is 2. The van der Waals surface area contributed by atoms with E-state index in [0.29, 0.717) is 22.6 Å². The number of benzene rings is 2. The van der Waals surface area contributed by atoms with Gasteiger partial charge in [0, 0.05) is 23.7 Å². The van der Waals surface area contributed by atoms with Crippen LogP contribution in [0.25, 0.3) is 0 Å². The van der Waals surface area contributed by atoms with Gasteiger partial charge in [0.1, 0.15) is 11.8 Å². The van der Waals surface area contributed by atoms with Crippen LogP contribution in [0.5, 0.6) is 5.75 Å². The number of hydrazone groups is 1. The van der Waals surface area contributed by atoms with Gasteiger partial charge in [-0.3, -0.25) is 9.59 Å². The molecule has 2 rings (SSSR count). The number of carbonyl (C=O) groups excluding carboxylic acids is 2. The lowest BCUT2D eigenvalue weighted by Gasteiger charge is -2.05. The molecule has 0 saturated carbocycles. The first-order valence-corrected chi connectivity index (χ1v) is 7.40. The summed E-state index contributed by atoms with van der Waals surface area (Å²) >= 11 is 0. The zero-order chi connectivity index (χ0) is 18.1. The lowest BCUT2D eigenvalue weighted by molar-refractivity contribution is -0.114. The Morgan fingerprint density at radius 1 is 1.20 bits per heavy atom. The van der Waals surface area contributed by atoms with Crippen LogP contribution >= 0.6 is 0 Å². The maximum Gasteiger partial charge on any atom is 0.271 e. The van der Waals surface area contributed by atoms with E-state index in [1.54, 1.807) is 48.5 Å². The second-order valence-electron chi connectivity index (χ2n) is 4.94. The number of hydrogen-bond donors (Lipinski definition) is 2. The SMILES string of the molecule is CC(=O)Nc1ccc(C(=O)NN=Cc2ccccc2OCC#N)cc1. The fourth-order valence-electron chi connectivity index (χ4n) is 1.96. The third kappa shape index (κ3) is 5.48. The largest absolute Gasteiger partial charge is 0.478 e. The summed E-state index contributed by atoms with van der Waals surface area (Å²) in [6.07, 6.45) is 1.44. The minimum absolute atomic E-state index is 0.0716. The van der Waals surface area contributed by atoms with E-state index < -0.39 is 0 Å². The fourth-order valence-corrected chi connectivity index (χ4v) is 1.96. The molecule has 0 spiro atoms. The molecule has 0 aliphatic carbocycles. The highest BCUT2D eigenvalue weighted by Gasteiger charge is 2.05. The number of ether oxygens (including phenoxy) is 1.